The van der Waals surface area contributed by atoms with Gasteiger partial charge in [-0.15, -0.1) is 10.2 Å². The van der Waals surface area contributed by atoms with Crippen molar-refractivity contribution < 1.29 is 9.53 Å². The predicted molar refractivity (Wildman–Crippen MR) is 155 cm³/mol. The lowest BCUT2D eigenvalue weighted by Gasteiger charge is -2.34. The first-order chi connectivity index (χ1) is 19.5. The van der Waals surface area contributed by atoms with Gasteiger partial charge in [0.1, 0.15) is 18.0 Å². The number of carbonyl (C=O) groups excluding carboxylic acids is 1. The topological polar surface area (TPSA) is 111 Å². The quantitative estimate of drug-likeness (QED) is 0.225. The third kappa shape index (κ3) is 5.95. The van der Waals surface area contributed by atoms with Gasteiger partial charge in [0.15, 0.2) is 5.15 Å². The van der Waals surface area contributed by atoms with Crippen molar-refractivity contribution in [3.63, 3.8) is 0 Å². The van der Waals surface area contributed by atoms with Gasteiger partial charge in [-0.2, -0.15) is 5.21 Å². The van der Waals surface area contributed by atoms with Crippen molar-refractivity contribution in [1.29, 1.82) is 0 Å². The van der Waals surface area contributed by atoms with E-state index in [1.807, 2.05) is 25.2 Å². The Morgan fingerprint density at radius 1 is 1.10 bits per heavy atom. The highest BCUT2D eigenvalue weighted by Crippen LogP contribution is 2.32. The van der Waals surface area contributed by atoms with Gasteiger partial charge in [0.25, 0.3) is 0 Å². The number of H-pyrrole nitrogens is 1. The van der Waals surface area contributed by atoms with Crippen molar-refractivity contribution in [1.82, 2.24) is 35.5 Å². The van der Waals surface area contributed by atoms with Gasteiger partial charge in [0.2, 0.25) is 5.82 Å². The molecule has 2 N–H and O–H groups in total. The highest BCUT2D eigenvalue weighted by atomic mass is 35.5. The maximum atomic E-state index is 13.2. The van der Waals surface area contributed by atoms with Crippen LogP contribution in [0.15, 0.2) is 48.5 Å². The molecule has 0 spiro atoms. The lowest BCUT2D eigenvalue weighted by atomic mass is 9.82. The molecule has 0 saturated heterocycles. The highest BCUT2D eigenvalue weighted by molar-refractivity contribution is 6.30. The fraction of sp³-hybridized carbons (Fsp3) is 0.433. The molecule has 0 atom stereocenters. The minimum atomic E-state index is -0.617. The van der Waals surface area contributed by atoms with Crippen molar-refractivity contribution in [2.75, 3.05) is 7.05 Å². The third-order valence-corrected chi connectivity index (χ3v) is 8.19. The molecule has 1 aliphatic rings. The summed E-state index contributed by atoms with van der Waals surface area (Å²) >= 11 is 6.65. The number of nitrogens with zero attached hydrogens (tertiary/aromatic N) is 5. The van der Waals surface area contributed by atoms with E-state index in [-0.39, 0.29) is 12.6 Å². The van der Waals surface area contributed by atoms with Crippen LogP contribution in [-0.4, -0.2) is 48.7 Å². The van der Waals surface area contributed by atoms with Crippen LogP contribution in [0, 0.1) is 0 Å². The maximum Gasteiger partial charge on any atom is 0.326 e. The number of imidazole rings is 1. The molecule has 2 aromatic carbocycles. The van der Waals surface area contributed by atoms with E-state index in [9.17, 15) is 4.79 Å². The van der Waals surface area contributed by atoms with E-state index in [1.54, 1.807) is 0 Å². The molecule has 5 rings (SSSR count). The fourth-order valence-electron chi connectivity index (χ4n) is 5.52. The molecule has 40 heavy (non-hydrogen) atoms. The zero-order valence-corrected chi connectivity index (χ0v) is 23.9. The van der Waals surface area contributed by atoms with Crippen LogP contribution >= 0.6 is 11.6 Å². The van der Waals surface area contributed by atoms with Crippen LogP contribution in [0.25, 0.3) is 22.5 Å². The average Bonchev–Trinajstić information content (AvgIpc) is 3.64. The Morgan fingerprint density at radius 3 is 2.52 bits per heavy atom. The summed E-state index contributed by atoms with van der Waals surface area (Å²) in [4.78, 5) is 17.9. The van der Waals surface area contributed by atoms with Gasteiger partial charge in [0, 0.05) is 18.5 Å². The molecule has 2 aromatic heterocycles. The summed E-state index contributed by atoms with van der Waals surface area (Å²) in [6.07, 6.45) is 7.63. The number of carbonyl (C=O) groups is 1. The SMILES string of the molecule is CCCCc1nc(Cl)c(COC(=O)C2(NC)CCCCC2)n1Cc1ccc(-c2ccccc2-c2nn[nH]n2)cc1. The number of tetrazole rings is 1. The van der Waals surface area contributed by atoms with Crippen molar-refractivity contribution in [2.45, 2.75) is 77.0 Å². The van der Waals surface area contributed by atoms with Crippen LogP contribution in [0.1, 0.15) is 69.0 Å². The van der Waals surface area contributed by atoms with E-state index >= 15 is 0 Å². The molecule has 0 amide bonds. The van der Waals surface area contributed by atoms with Crippen LogP contribution in [0.3, 0.4) is 0 Å². The molecule has 0 aliphatic heterocycles. The zero-order valence-electron chi connectivity index (χ0n) is 23.1. The molecule has 9 nitrogen and oxygen atoms in total. The Labute approximate surface area is 239 Å². The van der Waals surface area contributed by atoms with Crippen LogP contribution in [0.4, 0.5) is 0 Å². The van der Waals surface area contributed by atoms with E-state index in [1.165, 1.54) is 0 Å². The number of hydrogen-bond acceptors (Lipinski definition) is 7. The smallest absolute Gasteiger partial charge is 0.326 e. The standard InChI is InChI=1S/C30H36ClN7O2/c1-3-4-12-26-33-27(31)25(20-40-29(39)30(32-2)17-8-5-9-18-30)38(26)19-21-13-15-22(16-14-21)23-10-6-7-11-24(23)28-34-36-37-35-28/h6-7,10-11,13-16,32H,3-5,8-9,12,17-20H2,1-2H3,(H,34,35,36,37). The van der Waals surface area contributed by atoms with Crippen molar-refractivity contribution >= 4 is 17.6 Å². The molecule has 10 heteroatoms. The minimum Gasteiger partial charge on any atom is -0.458 e. The summed E-state index contributed by atoms with van der Waals surface area (Å²) in [5.41, 5.74) is 4.20. The molecule has 210 valence electrons. The summed E-state index contributed by atoms with van der Waals surface area (Å²) in [6, 6.07) is 16.4. The van der Waals surface area contributed by atoms with E-state index in [0.29, 0.717) is 17.5 Å². The number of aromatic amines is 1. The summed E-state index contributed by atoms with van der Waals surface area (Å²) < 4.78 is 8.01. The number of hydrogen-bond donors (Lipinski definition) is 2. The molecule has 0 radical (unpaired) electrons. The predicted octanol–water partition coefficient (Wildman–Crippen LogP) is 5.74. The Hall–Kier alpha value is -3.56. The Kier molecular flexibility index (Phi) is 8.91. The van der Waals surface area contributed by atoms with Gasteiger partial charge in [0.05, 0.1) is 5.69 Å². The number of unbranched alkanes of at least 4 members (excludes halogenated alkanes) is 1. The van der Waals surface area contributed by atoms with Crippen molar-refractivity contribution in [3.8, 4) is 22.5 Å². The van der Waals surface area contributed by atoms with Crippen LogP contribution < -0.4 is 5.32 Å². The summed E-state index contributed by atoms with van der Waals surface area (Å²) in [7, 11) is 1.84. The molecule has 2 heterocycles. The number of likely N-dealkylation sites (N-methyl/N-ethyl adjacent to an activating group) is 1. The summed E-state index contributed by atoms with van der Waals surface area (Å²) in [5.74, 6) is 1.25. The molecular weight excluding hydrogens is 526 g/mol. The second-order valence-corrected chi connectivity index (χ2v) is 10.8. The van der Waals surface area contributed by atoms with Gasteiger partial charge < -0.3 is 14.6 Å². The fourth-order valence-corrected chi connectivity index (χ4v) is 5.77. The van der Waals surface area contributed by atoms with E-state index in [4.69, 9.17) is 16.3 Å². The molecule has 0 unspecified atom stereocenters. The number of esters is 1. The normalized spacial score (nSPS) is 14.8. The van der Waals surface area contributed by atoms with Gasteiger partial charge in [-0.3, -0.25) is 4.79 Å². The molecule has 1 aliphatic carbocycles. The molecule has 0 bridgehead atoms. The first-order valence-electron chi connectivity index (χ1n) is 14.1. The summed E-state index contributed by atoms with van der Waals surface area (Å²) in [6.45, 7) is 2.83. The molecule has 1 saturated carbocycles. The maximum absolute atomic E-state index is 13.2. The van der Waals surface area contributed by atoms with E-state index in [2.05, 4.69) is 72.7 Å². The van der Waals surface area contributed by atoms with Crippen LogP contribution in [0.2, 0.25) is 5.15 Å². The number of nitrogens with one attached hydrogen (secondary N) is 2. The zero-order chi connectivity index (χ0) is 28.0. The number of halogens is 1. The number of aryl methyl sites for hydroxylation is 1. The number of benzene rings is 2. The first-order valence-corrected chi connectivity index (χ1v) is 14.4. The minimum absolute atomic E-state index is 0.0936. The average molecular weight is 562 g/mol. The van der Waals surface area contributed by atoms with Gasteiger partial charge in [-0.05, 0) is 48.2 Å². The monoisotopic (exact) mass is 561 g/mol. The highest BCUT2D eigenvalue weighted by Gasteiger charge is 2.39. The molecule has 4 aromatic rings. The van der Waals surface area contributed by atoms with E-state index < -0.39 is 5.54 Å². The first kappa shape index (κ1) is 28.0. The van der Waals surface area contributed by atoms with Gasteiger partial charge >= 0.3 is 5.97 Å². The Morgan fingerprint density at radius 2 is 1.85 bits per heavy atom. The molecule has 1 fully saturated rings. The number of ether oxygens (including phenoxy) is 1. The van der Waals surface area contributed by atoms with Crippen molar-refractivity contribution in [3.05, 3.63) is 70.8 Å². The number of aromatic nitrogens is 6. The van der Waals surface area contributed by atoms with Gasteiger partial charge in [-0.25, -0.2) is 4.98 Å². The second-order valence-electron chi connectivity index (χ2n) is 10.4. The Balaban J connectivity index is 1.38. The van der Waals surface area contributed by atoms with Crippen LogP contribution in [-0.2, 0) is 29.1 Å². The largest absolute Gasteiger partial charge is 0.458 e. The Bertz CT molecular complexity index is 1410. The third-order valence-electron chi connectivity index (χ3n) is 7.89. The summed E-state index contributed by atoms with van der Waals surface area (Å²) in [5, 5.41) is 18.2. The second kappa shape index (κ2) is 12.7. The van der Waals surface area contributed by atoms with Crippen molar-refractivity contribution in [2.24, 2.45) is 0 Å². The lowest BCUT2D eigenvalue weighted by molar-refractivity contribution is -0.154. The lowest BCUT2D eigenvalue weighted by Crippen LogP contribution is -2.52. The van der Waals surface area contributed by atoms with E-state index in [0.717, 1.165) is 85.1 Å². The number of rotatable bonds is 11. The van der Waals surface area contributed by atoms with Crippen LogP contribution in [0.5, 0.6) is 0 Å². The van der Waals surface area contributed by atoms with Gasteiger partial charge in [-0.1, -0.05) is 92.7 Å². The molecular formula is C30H36ClN7O2.